The lowest BCUT2D eigenvalue weighted by molar-refractivity contribution is 1.39. The van der Waals surface area contributed by atoms with E-state index in [1.54, 1.807) is 0 Å². The summed E-state index contributed by atoms with van der Waals surface area (Å²) in [6.45, 7) is 4.08. The van der Waals surface area contributed by atoms with Crippen LogP contribution in [-0.2, 0) is 0 Å². The van der Waals surface area contributed by atoms with Gasteiger partial charge < -0.3 is 11.1 Å². The van der Waals surface area contributed by atoms with Crippen molar-refractivity contribution in [1.29, 1.82) is 0 Å². The lowest BCUT2D eigenvalue weighted by atomic mass is 10.1. The standard InChI is InChI=1S/C14H14Br2N2/c1-8-6-14(11(16)7-12(8)17)18-13-4-3-10(15)5-9(13)2/h3-7,18H,17H2,1-2H3. The number of halogens is 2. The van der Waals surface area contributed by atoms with Crippen molar-refractivity contribution in [2.24, 2.45) is 0 Å². The maximum absolute atomic E-state index is 5.87. The van der Waals surface area contributed by atoms with Gasteiger partial charge in [0.25, 0.3) is 0 Å². The first-order valence-corrected chi connectivity index (χ1v) is 7.15. The van der Waals surface area contributed by atoms with Crippen LogP contribution in [0.4, 0.5) is 17.1 Å². The molecule has 0 aromatic heterocycles. The van der Waals surface area contributed by atoms with Gasteiger partial charge in [-0.05, 0) is 71.2 Å². The second-order valence-electron chi connectivity index (χ2n) is 4.27. The number of anilines is 3. The molecule has 0 spiro atoms. The van der Waals surface area contributed by atoms with Crippen LogP contribution in [0.25, 0.3) is 0 Å². The van der Waals surface area contributed by atoms with Gasteiger partial charge in [0.15, 0.2) is 0 Å². The Morgan fingerprint density at radius 3 is 2.33 bits per heavy atom. The van der Waals surface area contributed by atoms with Gasteiger partial charge in [-0.3, -0.25) is 0 Å². The average molecular weight is 370 g/mol. The number of rotatable bonds is 2. The van der Waals surface area contributed by atoms with E-state index in [2.05, 4.69) is 56.2 Å². The Labute approximate surface area is 124 Å². The van der Waals surface area contributed by atoms with Crippen LogP contribution in [0, 0.1) is 13.8 Å². The fourth-order valence-electron chi connectivity index (χ4n) is 1.71. The first kappa shape index (κ1) is 13.4. The van der Waals surface area contributed by atoms with Gasteiger partial charge in [-0.1, -0.05) is 15.9 Å². The number of nitrogen functional groups attached to an aromatic ring is 1. The summed E-state index contributed by atoms with van der Waals surface area (Å²) in [6.07, 6.45) is 0. The quantitative estimate of drug-likeness (QED) is 0.718. The van der Waals surface area contributed by atoms with Crippen LogP contribution in [0.15, 0.2) is 39.3 Å². The molecular weight excluding hydrogens is 356 g/mol. The van der Waals surface area contributed by atoms with Crippen molar-refractivity contribution in [3.63, 3.8) is 0 Å². The minimum atomic E-state index is 0.792. The molecule has 0 bridgehead atoms. The second kappa shape index (κ2) is 5.33. The number of nitrogens with two attached hydrogens (primary N) is 1. The normalized spacial score (nSPS) is 10.4. The predicted molar refractivity (Wildman–Crippen MR) is 85.5 cm³/mol. The van der Waals surface area contributed by atoms with E-state index in [-0.39, 0.29) is 0 Å². The number of nitrogens with one attached hydrogen (secondary N) is 1. The van der Waals surface area contributed by atoms with Gasteiger partial charge in [-0.15, -0.1) is 0 Å². The highest BCUT2D eigenvalue weighted by atomic mass is 79.9. The highest BCUT2D eigenvalue weighted by molar-refractivity contribution is 9.10. The minimum absolute atomic E-state index is 0.792. The van der Waals surface area contributed by atoms with Gasteiger partial charge in [0.05, 0.1) is 5.69 Å². The van der Waals surface area contributed by atoms with Gasteiger partial charge in [0, 0.05) is 20.3 Å². The van der Waals surface area contributed by atoms with E-state index < -0.39 is 0 Å². The Morgan fingerprint density at radius 1 is 0.944 bits per heavy atom. The Hall–Kier alpha value is -1.00. The van der Waals surface area contributed by atoms with Crippen LogP contribution in [0.1, 0.15) is 11.1 Å². The SMILES string of the molecule is Cc1cc(Nc2ccc(Br)cc2C)c(Br)cc1N. The first-order chi connectivity index (χ1) is 8.47. The Bertz CT molecular complexity index is 595. The van der Waals surface area contributed by atoms with Crippen molar-refractivity contribution in [2.75, 3.05) is 11.1 Å². The van der Waals surface area contributed by atoms with Gasteiger partial charge in [-0.25, -0.2) is 0 Å². The van der Waals surface area contributed by atoms with Crippen LogP contribution in [0.3, 0.4) is 0 Å². The largest absolute Gasteiger partial charge is 0.398 e. The Balaban J connectivity index is 2.37. The third-order valence-electron chi connectivity index (χ3n) is 2.81. The summed E-state index contributed by atoms with van der Waals surface area (Å²) in [5.41, 5.74) is 11.0. The maximum atomic E-state index is 5.87. The molecule has 0 atom stereocenters. The number of benzene rings is 2. The zero-order chi connectivity index (χ0) is 13.3. The molecule has 0 fully saturated rings. The zero-order valence-electron chi connectivity index (χ0n) is 10.2. The average Bonchev–Trinajstić information content (AvgIpc) is 2.29. The molecule has 0 amide bonds. The molecule has 0 saturated carbocycles. The summed E-state index contributed by atoms with van der Waals surface area (Å²) >= 11 is 6.99. The molecule has 2 aromatic carbocycles. The van der Waals surface area contributed by atoms with Gasteiger partial charge in [-0.2, -0.15) is 0 Å². The predicted octanol–water partition coefficient (Wildman–Crippen LogP) is 5.15. The van der Waals surface area contributed by atoms with Crippen LogP contribution < -0.4 is 11.1 Å². The van der Waals surface area contributed by atoms with Crippen molar-refractivity contribution in [2.45, 2.75) is 13.8 Å². The van der Waals surface area contributed by atoms with Crippen molar-refractivity contribution in [3.8, 4) is 0 Å². The summed E-state index contributed by atoms with van der Waals surface area (Å²) in [5.74, 6) is 0. The van der Waals surface area contributed by atoms with E-state index in [1.165, 1.54) is 5.56 Å². The molecule has 2 rings (SSSR count). The molecule has 2 aromatic rings. The summed E-state index contributed by atoms with van der Waals surface area (Å²) in [6, 6.07) is 10.1. The van der Waals surface area contributed by atoms with Gasteiger partial charge in [0.1, 0.15) is 0 Å². The second-order valence-corrected chi connectivity index (χ2v) is 6.04. The maximum Gasteiger partial charge on any atom is 0.0532 e. The fraction of sp³-hybridized carbons (Fsp3) is 0.143. The summed E-state index contributed by atoms with van der Waals surface area (Å²) in [7, 11) is 0. The van der Waals surface area contributed by atoms with E-state index in [9.17, 15) is 0 Å². The molecule has 18 heavy (non-hydrogen) atoms. The van der Waals surface area contributed by atoms with Crippen molar-refractivity contribution < 1.29 is 0 Å². The molecule has 0 unspecified atom stereocenters. The monoisotopic (exact) mass is 368 g/mol. The molecule has 0 radical (unpaired) electrons. The van der Waals surface area contributed by atoms with Crippen molar-refractivity contribution >= 4 is 48.9 Å². The molecule has 0 aliphatic rings. The molecule has 3 N–H and O–H groups in total. The molecule has 0 heterocycles. The van der Waals surface area contributed by atoms with Crippen molar-refractivity contribution in [1.82, 2.24) is 0 Å². The van der Waals surface area contributed by atoms with Gasteiger partial charge >= 0.3 is 0 Å². The van der Waals surface area contributed by atoms with Crippen molar-refractivity contribution in [3.05, 3.63) is 50.4 Å². The van der Waals surface area contributed by atoms with Crippen LogP contribution in [0.5, 0.6) is 0 Å². The summed E-state index contributed by atoms with van der Waals surface area (Å²) in [5, 5.41) is 3.41. The van der Waals surface area contributed by atoms with E-state index in [0.29, 0.717) is 0 Å². The number of hydrogen-bond acceptors (Lipinski definition) is 2. The zero-order valence-corrected chi connectivity index (χ0v) is 13.4. The minimum Gasteiger partial charge on any atom is -0.398 e. The highest BCUT2D eigenvalue weighted by Crippen LogP contribution is 2.31. The first-order valence-electron chi connectivity index (χ1n) is 5.56. The number of hydrogen-bond donors (Lipinski definition) is 2. The Morgan fingerprint density at radius 2 is 1.67 bits per heavy atom. The van der Waals surface area contributed by atoms with E-state index in [4.69, 9.17) is 5.73 Å². The smallest absolute Gasteiger partial charge is 0.0532 e. The van der Waals surface area contributed by atoms with Crippen LogP contribution >= 0.6 is 31.9 Å². The molecule has 0 aliphatic carbocycles. The van der Waals surface area contributed by atoms with E-state index >= 15 is 0 Å². The molecular formula is C14H14Br2N2. The van der Waals surface area contributed by atoms with Crippen LogP contribution in [0.2, 0.25) is 0 Å². The number of aryl methyl sites for hydroxylation is 2. The van der Waals surface area contributed by atoms with Crippen LogP contribution in [-0.4, -0.2) is 0 Å². The molecule has 0 aliphatic heterocycles. The molecule has 2 nitrogen and oxygen atoms in total. The van der Waals surface area contributed by atoms with Gasteiger partial charge in [0.2, 0.25) is 0 Å². The Kier molecular flexibility index (Phi) is 3.97. The fourth-order valence-corrected chi connectivity index (χ4v) is 2.64. The highest BCUT2D eigenvalue weighted by Gasteiger charge is 2.05. The lowest BCUT2D eigenvalue weighted by Gasteiger charge is -2.13. The van der Waals surface area contributed by atoms with E-state index in [0.717, 1.165) is 31.6 Å². The molecule has 4 heteroatoms. The molecule has 94 valence electrons. The lowest BCUT2D eigenvalue weighted by Crippen LogP contribution is -1.97. The topological polar surface area (TPSA) is 38.0 Å². The molecule has 0 saturated heterocycles. The third-order valence-corrected chi connectivity index (χ3v) is 3.96. The summed E-state index contributed by atoms with van der Waals surface area (Å²) in [4.78, 5) is 0. The summed E-state index contributed by atoms with van der Waals surface area (Å²) < 4.78 is 2.05. The van der Waals surface area contributed by atoms with E-state index in [1.807, 2.05) is 25.1 Å². The third kappa shape index (κ3) is 2.87.